The SMILES string of the molecule is C=CC[Si](C)(C)C(C=C)(Oc1ccccc1)n1nnc2ccccc21. The van der Waals surface area contributed by atoms with Gasteiger partial charge in [-0.25, -0.2) is 4.68 Å². The van der Waals surface area contributed by atoms with Crippen LogP contribution in [-0.2, 0) is 5.35 Å². The average Bonchev–Trinajstić information content (AvgIpc) is 3.05. The van der Waals surface area contributed by atoms with E-state index in [0.29, 0.717) is 0 Å². The first-order valence-electron chi connectivity index (χ1n) is 8.33. The molecule has 4 nitrogen and oxygen atoms in total. The Morgan fingerprint density at radius 2 is 1.76 bits per heavy atom. The van der Waals surface area contributed by atoms with Crippen molar-refractivity contribution < 1.29 is 4.74 Å². The molecule has 0 fully saturated rings. The Balaban J connectivity index is 2.23. The zero-order valence-electron chi connectivity index (χ0n) is 14.7. The fourth-order valence-electron chi connectivity index (χ4n) is 3.16. The summed E-state index contributed by atoms with van der Waals surface area (Å²) in [6.45, 7) is 12.6. The van der Waals surface area contributed by atoms with E-state index in [0.717, 1.165) is 22.8 Å². The molecule has 2 aromatic carbocycles. The zero-order valence-corrected chi connectivity index (χ0v) is 15.7. The van der Waals surface area contributed by atoms with Gasteiger partial charge in [-0.3, -0.25) is 0 Å². The summed E-state index contributed by atoms with van der Waals surface area (Å²) in [4.78, 5) is 0. The van der Waals surface area contributed by atoms with Crippen molar-refractivity contribution in [2.75, 3.05) is 0 Å². The summed E-state index contributed by atoms with van der Waals surface area (Å²) in [5.41, 5.74) is 1.77. The fourth-order valence-corrected chi connectivity index (χ4v) is 5.86. The van der Waals surface area contributed by atoms with Crippen molar-refractivity contribution in [2.24, 2.45) is 0 Å². The zero-order chi connectivity index (χ0) is 17.9. The van der Waals surface area contributed by atoms with Gasteiger partial charge < -0.3 is 4.74 Å². The highest BCUT2D eigenvalue weighted by molar-refractivity contribution is 6.80. The van der Waals surface area contributed by atoms with Gasteiger partial charge in [-0.15, -0.1) is 11.7 Å². The predicted molar refractivity (Wildman–Crippen MR) is 105 cm³/mol. The summed E-state index contributed by atoms with van der Waals surface area (Å²) in [7, 11) is -2.09. The number of allylic oxidation sites excluding steroid dienone is 1. The van der Waals surface area contributed by atoms with Gasteiger partial charge in [-0.05, 0) is 36.4 Å². The molecule has 0 bridgehead atoms. The maximum absolute atomic E-state index is 6.58. The summed E-state index contributed by atoms with van der Waals surface area (Å²) < 4.78 is 8.46. The van der Waals surface area contributed by atoms with E-state index < -0.39 is 13.4 Å². The molecular weight excluding hydrogens is 326 g/mol. The molecule has 1 aromatic heterocycles. The lowest BCUT2D eigenvalue weighted by molar-refractivity contribution is 0.108. The molecule has 1 unspecified atom stereocenters. The van der Waals surface area contributed by atoms with E-state index in [1.807, 2.05) is 71.4 Å². The van der Waals surface area contributed by atoms with Crippen molar-refractivity contribution in [3.63, 3.8) is 0 Å². The van der Waals surface area contributed by atoms with E-state index in [1.54, 1.807) is 0 Å². The van der Waals surface area contributed by atoms with Gasteiger partial charge in [0.1, 0.15) is 19.3 Å². The molecule has 0 saturated heterocycles. The van der Waals surface area contributed by atoms with Crippen molar-refractivity contribution in [1.29, 1.82) is 0 Å². The van der Waals surface area contributed by atoms with Crippen LogP contribution < -0.4 is 4.74 Å². The second-order valence-corrected chi connectivity index (χ2v) is 11.6. The minimum Gasteiger partial charge on any atom is -0.466 e. The molecule has 0 spiro atoms. The van der Waals surface area contributed by atoms with Crippen molar-refractivity contribution in [3.05, 3.63) is 79.9 Å². The third-order valence-electron chi connectivity index (χ3n) is 4.58. The first-order chi connectivity index (χ1) is 12.0. The van der Waals surface area contributed by atoms with E-state index >= 15 is 0 Å². The van der Waals surface area contributed by atoms with E-state index in [1.165, 1.54) is 0 Å². The van der Waals surface area contributed by atoms with E-state index in [9.17, 15) is 0 Å². The van der Waals surface area contributed by atoms with Crippen molar-refractivity contribution in [1.82, 2.24) is 15.0 Å². The third kappa shape index (κ3) is 2.91. The van der Waals surface area contributed by atoms with Crippen molar-refractivity contribution in [3.8, 4) is 5.75 Å². The Hall–Kier alpha value is -2.66. The first kappa shape index (κ1) is 17.2. The molecule has 25 heavy (non-hydrogen) atoms. The minimum absolute atomic E-state index is 0.779. The highest BCUT2D eigenvalue weighted by Gasteiger charge is 2.49. The number of fused-ring (bicyclic) bond motifs is 1. The number of nitrogens with zero attached hydrogens (tertiary/aromatic N) is 3. The van der Waals surface area contributed by atoms with Crippen LogP contribution in [0.15, 0.2) is 79.9 Å². The molecule has 0 radical (unpaired) electrons. The molecule has 0 N–H and O–H groups in total. The van der Waals surface area contributed by atoms with E-state index in [-0.39, 0.29) is 0 Å². The normalized spacial score (nSPS) is 14.0. The number of ether oxygens (including phenoxy) is 1. The van der Waals surface area contributed by atoms with Crippen LogP contribution >= 0.6 is 0 Å². The summed E-state index contributed by atoms with van der Waals surface area (Å²) in [6, 6.07) is 18.6. The van der Waals surface area contributed by atoms with Crippen LogP contribution in [0.1, 0.15) is 0 Å². The van der Waals surface area contributed by atoms with Crippen LogP contribution in [0, 0.1) is 0 Å². The summed E-state index contributed by atoms with van der Waals surface area (Å²) in [5.74, 6) is 0.784. The molecule has 1 heterocycles. The molecule has 0 aliphatic heterocycles. The largest absolute Gasteiger partial charge is 0.466 e. The molecule has 3 aromatic rings. The maximum Gasteiger partial charge on any atom is 0.203 e. The number of rotatable bonds is 7. The summed E-state index contributed by atoms with van der Waals surface area (Å²) in [6.07, 6.45) is 3.83. The van der Waals surface area contributed by atoms with E-state index in [2.05, 4.69) is 36.6 Å². The highest BCUT2D eigenvalue weighted by Crippen LogP contribution is 2.37. The van der Waals surface area contributed by atoms with Crippen molar-refractivity contribution in [2.45, 2.75) is 24.5 Å². The monoisotopic (exact) mass is 349 g/mol. The van der Waals surface area contributed by atoms with Crippen LogP contribution in [0.3, 0.4) is 0 Å². The molecule has 0 aliphatic carbocycles. The van der Waals surface area contributed by atoms with Gasteiger partial charge >= 0.3 is 0 Å². The van der Waals surface area contributed by atoms with Gasteiger partial charge in [-0.1, -0.05) is 61.3 Å². The van der Waals surface area contributed by atoms with Gasteiger partial charge in [0.05, 0.1) is 5.52 Å². The molecule has 0 aliphatic rings. The third-order valence-corrected chi connectivity index (χ3v) is 8.35. The molecule has 0 amide bonds. The summed E-state index contributed by atoms with van der Waals surface area (Å²) >= 11 is 0. The van der Waals surface area contributed by atoms with Gasteiger partial charge in [0, 0.05) is 0 Å². The smallest absolute Gasteiger partial charge is 0.203 e. The van der Waals surface area contributed by atoms with Crippen LogP contribution in [0.4, 0.5) is 0 Å². The van der Waals surface area contributed by atoms with Crippen LogP contribution in [-0.4, -0.2) is 23.1 Å². The quantitative estimate of drug-likeness (QED) is 0.455. The van der Waals surface area contributed by atoms with Gasteiger partial charge in [0.2, 0.25) is 5.35 Å². The molecular formula is C20H23N3OSi. The van der Waals surface area contributed by atoms with E-state index in [4.69, 9.17) is 4.74 Å². The lowest BCUT2D eigenvalue weighted by Crippen LogP contribution is -2.58. The maximum atomic E-state index is 6.58. The Kier molecular flexibility index (Phi) is 4.59. The van der Waals surface area contributed by atoms with Gasteiger partial charge in [0.15, 0.2) is 0 Å². The Morgan fingerprint density at radius 1 is 1.08 bits per heavy atom. The van der Waals surface area contributed by atoms with Crippen LogP contribution in [0.25, 0.3) is 11.0 Å². The van der Waals surface area contributed by atoms with Gasteiger partial charge in [-0.2, -0.15) is 0 Å². The molecule has 0 saturated carbocycles. The lowest BCUT2D eigenvalue weighted by Gasteiger charge is -2.42. The molecule has 1 atom stereocenters. The predicted octanol–water partition coefficient (Wildman–Crippen LogP) is 4.78. The molecule has 3 rings (SSSR count). The second kappa shape index (κ2) is 6.68. The number of para-hydroxylation sites is 2. The Bertz CT molecular complexity index is 888. The minimum atomic E-state index is -2.09. The number of benzene rings is 2. The first-order valence-corrected chi connectivity index (χ1v) is 11.5. The van der Waals surface area contributed by atoms with Crippen molar-refractivity contribution >= 4 is 19.1 Å². The molecule has 5 heteroatoms. The average molecular weight is 350 g/mol. The molecule has 128 valence electrons. The second-order valence-electron chi connectivity index (χ2n) is 6.68. The fraction of sp³-hybridized carbons (Fsp3) is 0.200. The number of aromatic nitrogens is 3. The highest BCUT2D eigenvalue weighted by atomic mass is 28.3. The van der Waals surface area contributed by atoms with Crippen LogP contribution in [0.2, 0.25) is 19.1 Å². The Morgan fingerprint density at radius 3 is 2.44 bits per heavy atom. The number of hydrogen-bond donors (Lipinski definition) is 0. The Labute approximate surface area is 149 Å². The number of hydrogen-bond acceptors (Lipinski definition) is 3. The summed E-state index contributed by atoms with van der Waals surface area (Å²) in [5, 5.41) is 8.00. The van der Waals surface area contributed by atoms with Crippen LogP contribution in [0.5, 0.6) is 5.75 Å². The standard InChI is InChI=1S/C20H23N3OSi/c1-5-16-25(3,4)20(6-2,24-17-12-8-7-9-13-17)23-19-15-11-10-14-18(19)21-22-23/h5-15H,1-2,16H2,3-4H3. The van der Waals surface area contributed by atoms with Gasteiger partial charge in [0.25, 0.3) is 0 Å². The topological polar surface area (TPSA) is 39.9 Å². The lowest BCUT2D eigenvalue weighted by atomic mass is 10.3.